The van der Waals surface area contributed by atoms with Gasteiger partial charge >= 0.3 is 0 Å². The minimum Gasteiger partial charge on any atom is -0.354 e. The fraction of sp³-hybridized carbons (Fsp3) is 0.211. The average molecular weight is 379 g/mol. The van der Waals surface area contributed by atoms with Crippen LogP contribution < -0.4 is 10.9 Å². The van der Waals surface area contributed by atoms with Crippen molar-refractivity contribution in [2.24, 2.45) is 0 Å². The lowest BCUT2D eigenvalue weighted by Gasteiger charge is -2.10. The van der Waals surface area contributed by atoms with Crippen molar-refractivity contribution in [2.75, 3.05) is 6.54 Å². The first-order valence-corrected chi connectivity index (χ1v) is 9.38. The maximum Gasteiger partial charge on any atom is 0.278 e. The van der Waals surface area contributed by atoms with Crippen LogP contribution in [0.25, 0.3) is 21.1 Å². The summed E-state index contributed by atoms with van der Waals surface area (Å²) >= 11 is 1.62. The minimum absolute atomic E-state index is 0.0748. The standard InChI is InChI=1S/C19H17N5O2S/c1-12(18-21-15-8-4-5-9-16(15)27-18)10-20-17(25)11-24-19(26)13-6-2-3-7-14(13)22-23-24/h2-9,12H,10-11H2,1H3,(H,20,25). The number of nitrogens with zero attached hydrogens (tertiary/aromatic N) is 4. The van der Waals surface area contributed by atoms with E-state index >= 15 is 0 Å². The summed E-state index contributed by atoms with van der Waals surface area (Å²) in [5, 5.41) is 12.1. The Morgan fingerprint density at radius 3 is 2.70 bits per heavy atom. The number of para-hydroxylation sites is 1. The SMILES string of the molecule is CC(CNC(=O)Cn1nnc2ccccc2c1=O)c1nc2ccccc2s1. The first kappa shape index (κ1) is 17.3. The lowest BCUT2D eigenvalue weighted by molar-refractivity contribution is -0.122. The third kappa shape index (κ3) is 3.56. The third-order valence-corrected chi connectivity index (χ3v) is 5.53. The maximum atomic E-state index is 12.4. The van der Waals surface area contributed by atoms with Gasteiger partial charge in [-0.15, -0.1) is 16.4 Å². The summed E-state index contributed by atoms with van der Waals surface area (Å²) in [4.78, 5) is 29.3. The molecule has 7 nitrogen and oxygen atoms in total. The van der Waals surface area contributed by atoms with Gasteiger partial charge in [0.2, 0.25) is 5.91 Å². The predicted molar refractivity (Wildman–Crippen MR) is 105 cm³/mol. The van der Waals surface area contributed by atoms with Crippen LogP contribution in [0.15, 0.2) is 53.3 Å². The van der Waals surface area contributed by atoms with E-state index in [1.165, 1.54) is 0 Å². The van der Waals surface area contributed by atoms with E-state index in [4.69, 9.17) is 0 Å². The Morgan fingerprint density at radius 1 is 1.15 bits per heavy atom. The molecule has 2 aromatic heterocycles. The molecular weight excluding hydrogens is 362 g/mol. The van der Waals surface area contributed by atoms with Crippen molar-refractivity contribution in [1.29, 1.82) is 0 Å². The number of rotatable bonds is 5. The number of carbonyl (C=O) groups is 1. The van der Waals surface area contributed by atoms with Crippen molar-refractivity contribution in [1.82, 2.24) is 25.3 Å². The number of hydrogen-bond donors (Lipinski definition) is 1. The van der Waals surface area contributed by atoms with Crippen molar-refractivity contribution in [2.45, 2.75) is 19.4 Å². The second kappa shape index (κ2) is 7.24. The Morgan fingerprint density at radius 2 is 1.89 bits per heavy atom. The molecule has 1 atom stereocenters. The third-order valence-electron chi connectivity index (χ3n) is 4.26. The number of carbonyl (C=O) groups excluding carboxylic acids is 1. The van der Waals surface area contributed by atoms with Gasteiger partial charge in [0.1, 0.15) is 12.1 Å². The van der Waals surface area contributed by atoms with E-state index in [2.05, 4.69) is 20.6 Å². The number of aromatic nitrogens is 4. The molecule has 0 radical (unpaired) electrons. The Balaban J connectivity index is 1.42. The fourth-order valence-corrected chi connectivity index (χ4v) is 3.79. The molecule has 1 unspecified atom stereocenters. The second-order valence-corrected chi connectivity index (χ2v) is 7.36. The zero-order chi connectivity index (χ0) is 18.8. The Kier molecular flexibility index (Phi) is 4.64. The molecule has 8 heteroatoms. The molecule has 0 spiro atoms. The van der Waals surface area contributed by atoms with E-state index in [1.807, 2.05) is 31.2 Å². The van der Waals surface area contributed by atoms with Crippen molar-refractivity contribution in [3.63, 3.8) is 0 Å². The van der Waals surface area contributed by atoms with Crippen LogP contribution in [0.1, 0.15) is 17.8 Å². The normalized spacial score (nSPS) is 12.3. The van der Waals surface area contributed by atoms with Gasteiger partial charge in [-0.3, -0.25) is 9.59 Å². The largest absolute Gasteiger partial charge is 0.354 e. The molecule has 0 saturated heterocycles. The molecule has 1 amide bonds. The molecule has 4 aromatic rings. The molecule has 0 aliphatic rings. The second-order valence-electron chi connectivity index (χ2n) is 6.29. The monoisotopic (exact) mass is 379 g/mol. The van der Waals surface area contributed by atoms with E-state index in [0.717, 1.165) is 19.9 Å². The number of fused-ring (bicyclic) bond motifs is 2. The predicted octanol–water partition coefficient (Wildman–Crippen LogP) is 2.32. The molecule has 2 aromatic carbocycles. The van der Waals surface area contributed by atoms with E-state index in [0.29, 0.717) is 17.4 Å². The van der Waals surface area contributed by atoms with E-state index < -0.39 is 0 Å². The van der Waals surface area contributed by atoms with Crippen LogP contribution in [0.3, 0.4) is 0 Å². The van der Waals surface area contributed by atoms with Gasteiger partial charge in [0.25, 0.3) is 5.56 Å². The van der Waals surface area contributed by atoms with Crippen LogP contribution in [0.2, 0.25) is 0 Å². The van der Waals surface area contributed by atoms with Crippen LogP contribution >= 0.6 is 11.3 Å². The van der Waals surface area contributed by atoms with Gasteiger partial charge in [0.05, 0.1) is 20.6 Å². The molecule has 0 aliphatic heterocycles. The minimum atomic E-state index is -0.324. The molecule has 4 rings (SSSR count). The summed E-state index contributed by atoms with van der Waals surface area (Å²) in [7, 11) is 0. The van der Waals surface area contributed by atoms with Crippen molar-refractivity contribution >= 4 is 38.4 Å². The lowest BCUT2D eigenvalue weighted by atomic mass is 10.2. The topological polar surface area (TPSA) is 89.8 Å². The molecule has 0 fully saturated rings. The van der Waals surface area contributed by atoms with Crippen molar-refractivity contribution < 1.29 is 4.79 Å². The van der Waals surface area contributed by atoms with Crippen LogP contribution in [-0.2, 0) is 11.3 Å². The highest BCUT2D eigenvalue weighted by Crippen LogP contribution is 2.26. The Bertz CT molecular complexity index is 1150. The van der Waals surface area contributed by atoms with Gasteiger partial charge < -0.3 is 5.32 Å². The van der Waals surface area contributed by atoms with Crippen molar-refractivity contribution in [3.8, 4) is 0 Å². The van der Waals surface area contributed by atoms with Gasteiger partial charge in [-0.2, -0.15) is 0 Å². The summed E-state index contributed by atoms with van der Waals surface area (Å²) in [6.45, 7) is 2.29. The quantitative estimate of drug-likeness (QED) is 0.575. The molecule has 136 valence electrons. The number of benzene rings is 2. The van der Waals surface area contributed by atoms with E-state index in [1.54, 1.807) is 35.6 Å². The Hall–Kier alpha value is -3.13. The summed E-state index contributed by atoms with van der Waals surface area (Å²) < 4.78 is 2.21. The summed E-state index contributed by atoms with van der Waals surface area (Å²) in [5.74, 6) is -0.208. The molecule has 1 N–H and O–H groups in total. The number of nitrogens with one attached hydrogen (secondary N) is 1. The summed E-state index contributed by atoms with van der Waals surface area (Å²) in [5.41, 5.74) is 1.16. The van der Waals surface area contributed by atoms with Crippen LogP contribution in [-0.4, -0.2) is 32.4 Å². The lowest BCUT2D eigenvalue weighted by Crippen LogP contribution is -2.35. The van der Waals surface area contributed by atoms with E-state index in [-0.39, 0.29) is 23.9 Å². The molecule has 0 bridgehead atoms. The first-order chi connectivity index (χ1) is 13.1. The smallest absolute Gasteiger partial charge is 0.278 e. The molecule has 2 heterocycles. The fourth-order valence-electron chi connectivity index (χ4n) is 2.77. The average Bonchev–Trinajstić information content (AvgIpc) is 3.13. The molecular formula is C19H17N5O2S. The Labute approximate surface area is 158 Å². The summed E-state index contributed by atoms with van der Waals surface area (Å²) in [6.07, 6.45) is 0. The van der Waals surface area contributed by atoms with Crippen LogP contribution in [0.5, 0.6) is 0 Å². The highest BCUT2D eigenvalue weighted by atomic mass is 32.1. The van der Waals surface area contributed by atoms with Gasteiger partial charge in [0, 0.05) is 12.5 Å². The van der Waals surface area contributed by atoms with Gasteiger partial charge in [-0.1, -0.05) is 36.4 Å². The number of hydrogen-bond acceptors (Lipinski definition) is 6. The van der Waals surface area contributed by atoms with Crippen LogP contribution in [0, 0.1) is 0 Å². The van der Waals surface area contributed by atoms with Gasteiger partial charge in [0.15, 0.2) is 0 Å². The zero-order valence-electron chi connectivity index (χ0n) is 14.6. The first-order valence-electron chi connectivity index (χ1n) is 8.56. The zero-order valence-corrected chi connectivity index (χ0v) is 15.4. The highest BCUT2D eigenvalue weighted by molar-refractivity contribution is 7.18. The van der Waals surface area contributed by atoms with Crippen LogP contribution in [0.4, 0.5) is 0 Å². The van der Waals surface area contributed by atoms with Crippen molar-refractivity contribution in [3.05, 3.63) is 63.9 Å². The maximum absolute atomic E-state index is 12.4. The molecule has 0 saturated carbocycles. The van der Waals surface area contributed by atoms with Gasteiger partial charge in [-0.05, 0) is 24.3 Å². The number of thiazole rings is 1. The molecule has 27 heavy (non-hydrogen) atoms. The summed E-state index contributed by atoms with van der Waals surface area (Å²) in [6, 6.07) is 14.9. The number of amides is 1. The highest BCUT2D eigenvalue weighted by Gasteiger charge is 2.14. The molecule has 0 aliphatic carbocycles. The van der Waals surface area contributed by atoms with Gasteiger partial charge in [-0.25, -0.2) is 9.67 Å². The van der Waals surface area contributed by atoms with E-state index in [9.17, 15) is 9.59 Å².